The Morgan fingerprint density at radius 3 is 0.971 bits per heavy atom. The van der Waals surface area contributed by atoms with Gasteiger partial charge in [-0.15, -0.1) is 0 Å². The van der Waals surface area contributed by atoms with E-state index < -0.39 is 94.0 Å². The first-order valence-electron chi connectivity index (χ1n) is 10.2. The van der Waals surface area contributed by atoms with E-state index in [0.29, 0.717) is 0 Å². The molecule has 0 heterocycles. The largest absolute Gasteiger partial charge is 0.252 e. The molecule has 0 unspecified atom stereocenters. The van der Waals surface area contributed by atoms with Crippen LogP contribution in [0, 0.1) is 58.2 Å². The number of allylic oxidation sites excluding steroid dienone is 1. The maximum atomic E-state index is 14.8. The first kappa shape index (κ1) is 29.2. The van der Waals surface area contributed by atoms with Crippen LogP contribution in [0.1, 0.15) is 48.5 Å². The highest BCUT2D eigenvalue weighted by Crippen LogP contribution is 2.60. The van der Waals surface area contributed by atoms with Crippen molar-refractivity contribution in [1.82, 2.24) is 0 Å². The maximum absolute atomic E-state index is 14.8. The average molecular weight is 530 g/mol. The van der Waals surface area contributed by atoms with Crippen molar-refractivity contribution < 1.29 is 43.9 Å². The van der Waals surface area contributed by atoms with E-state index >= 15 is 0 Å². The second kappa shape index (κ2) is 9.79. The van der Waals surface area contributed by atoms with Crippen molar-refractivity contribution in [1.29, 1.82) is 0 Å². The molecule has 0 bridgehead atoms. The normalized spacial score (nSPS) is 13.1. The Morgan fingerprint density at radius 1 is 0.514 bits per heavy atom. The van der Waals surface area contributed by atoms with E-state index in [1.807, 2.05) is 0 Å². The van der Waals surface area contributed by atoms with Gasteiger partial charge in [-0.25, -0.2) is 43.9 Å². The van der Waals surface area contributed by atoms with Crippen LogP contribution in [-0.4, -0.2) is 17.0 Å². The van der Waals surface area contributed by atoms with Crippen LogP contribution in [0.25, 0.3) is 0 Å². The summed E-state index contributed by atoms with van der Waals surface area (Å²) in [5, 5.41) is -1.07. The van der Waals surface area contributed by atoms with Gasteiger partial charge in [-0.3, -0.25) is 0 Å². The van der Waals surface area contributed by atoms with Gasteiger partial charge >= 0.3 is 0 Å². The maximum Gasteiger partial charge on any atom is 0.252 e. The van der Waals surface area contributed by atoms with Gasteiger partial charge in [0, 0.05) is 10.9 Å². The van der Waals surface area contributed by atoms with Crippen LogP contribution < -0.4 is 10.9 Å². The summed E-state index contributed by atoms with van der Waals surface area (Å²) in [5.74, 6) is -23.2. The molecule has 2 rings (SSSR count). The molecule has 0 aliphatic heterocycles. The number of hydrogen-bond donors (Lipinski definition) is 0. The predicted molar refractivity (Wildman–Crippen MR) is 118 cm³/mol. The lowest BCUT2D eigenvalue weighted by atomic mass is 9.36. The average Bonchev–Trinajstić information content (AvgIpc) is 2.74. The molecule has 0 fully saturated rings. The lowest BCUT2D eigenvalue weighted by molar-refractivity contribution is 0.382. The highest BCUT2D eigenvalue weighted by atomic mass is 31.1. The van der Waals surface area contributed by atoms with Gasteiger partial charge in [0.05, 0.1) is 0 Å². The Labute approximate surface area is 198 Å². The van der Waals surface area contributed by atoms with E-state index in [-0.39, 0.29) is 5.47 Å². The standard InChI is InChI=1S/C23H22BF10P/c1-9(8-35(22(2,3)4)23(5,6)7)24(10-12(25)16(29)20(33)17(30)13(10)26)11-14(27)18(31)21(34)19(32)15(11)28/h8H,1-7H3/b9-8+. The molecule has 0 aliphatic carbocycles. The fourth-order valence-corrected chi connectivity index (χ4v) is 7.37. The van der Waals surface area contributed by atoms with Crippen molar-refractivity contribution in [3.05, 3.63) is 69.5 Å². The molecular weight excluding hydrogens is 508 g/mol. The number of benzene rings is 2. The molecule has 35 heavy (non-hydrogen) atoms. The minimum atomic E-state index is -2.53. The zero-order valence-corrected chi connectivity index (χ0v) is 20.8. The highest BCUT2D eigenvalue weighted by Gasteiger charge is 2.42. The van der Waals surface area contributed by atoms with Crippen LogP contribution in [0.3, 0.4) is 0 Å². The van der Waals surface area contributed by atoms with Crippen molar-refractivity contribution in [3.8, 4) is 0 Å². The third kappa shape index (κ3) is 5.25. The van der Waals surface area contributed by atoms with Crippen LogP contribution in [-0.2, 0) is 0 Å². The molecule has 2 aromatic rings. The monoisotopic (exact) mass is 530 g/mol. The molecule has 0 aromatic heterocycles. The minimum Gasteiger partial charge on any atom is -0.204 e. The number of hydrogen-bond acceptors (Lipinski definition) is 0. The van der Waals surface area contributed by atoms with Crippen LogP contribution in [0.5, 0.6) is 0 Å². The van der Waals surface area contributed by atoms with E-state index in [1.165, 1.54) is 5.82 Å². The zero-order chi connectivity index (χ0) is 27.4. The van der Waals surface area contributed by atoms with E-state index in [9.17, 15) is 43.9 Å². The van der Waals surface area contributed by atoms with Crippen molar-refractivity contribution in [2.75, 3.05) is 0 Å². The van der Waals surface area contributed by atoms with Crippen molar-refractivity contribution in [3.63, 3.8) is 0 Å². The molecule has 0 amide bonds. The zero-order valence-electron chi connectivity index (χ0n) is 19.9. The summed E-state index contributed by atoms with van der Waals surface area (Å²) in [6.45, 7) is 9.31. The Bertz CT molecular complexity index is 1050. The molecule has 12 heteroatoms. The second-order valence-corrected chi connectivity index (χ2v) is 13.7. The molecule has 0 spiro atoms. The quantitative estimate of drug-likeness (QED) is 0.129. The minimum absolute atomic E-state index is 0.354. The highest BCUT2D eigenvalue weighted by molar-refractivity contribution is 7.64. The molecule has 0 saturated heterocycles. The van der Waals surface area contributed by atoms with Gasteiger partial charge in [0.2, 0.25) is 0 Å². The lowest BCUT2D eigenvalue weighted by Crippen LogP contribution is -2.52. The molecular formula is C23H22BF10P. The molecule has 0 N–H and O–H groups in total. The summed E-state index contributed by atoms with van der Waals surface area (Å²) >= 11 is 0. The van der Waals surface area contributed by atoms with Gasteiger partial charge in [0.25, 0.3) is 6.71 Å². The van der Waals surface area contributed by atoms with Crippen LogP contribution in [0.15, 0.2) is 11.3 Å². The molecule has 192 valence electrons. The van der Waals surface area contributed by atoms with Crippen molar-refractivity contribution >= 4 is 25.6 Å². The third-order valence-corrected chi connectivity index (χ3v) is 8.85. The van der Waals surface area contributed by atoms with E-state index in [2.05, 4.69) is 0 Å². The third-order valence-electron chi connectivity index (χ3n) is 5.30. The van der Waals surface area contributed by atoms with Gasteiger partial charge in [-0.2, -0.15) is 0 Å². The fourth-order valence-electron chi connectivity index (χ4n) is 4.02. The summed E-state index contributed by atoms with van der Waals surface area (Å²) in [7, 11) is -1.35. The first-order valence-corrected chi connectivity index (χ1v) is 11.7. The van der Waals surface area contributed by atoms with E-state index in [0.717, 1.165) is 6.92 Å². The smallest absolute Gasteiger partial charge is 0.204 e. The Morgan fingerprint density at radius 2 is 0.743 bits per heavy atom. The summed E-state index contributed by atoms with van der Waals surface area (Å²) < 4.78 is 143. The molecule has 2 aromatic carbocycles. The molecule has 0 radical (unpaired) electrons. The van der Waals surface area contributed by atoms with E-state index in [1.54, 1.807) is 41.5 Å². The molecule has 0 saturated carbocycles. The summed E-state index contributed by atoms with van der Waals surface area (Å²) in [6, 6.07) is 0. The van der Waals surface area contributed by atoms with Crippen LogP contribution in [0.2, 0.25) is 0 Å². The van der Waals surface area contributed by atoms with Gasteiger partial charge in [-0.05, 0) is 10.3 Å². The summed E-state index contributed by atoms with van der Waals surface area (Å²) in [4.78, 5) is 0. The van der Waals surface area contributed by atoms with Crippen LogP contribution in [0.4, 0.5) is 43.9 Å². The Hall–Kier alpha value is -2.03. The predicted octanol–water partition coefficient (Wildman–Crippen LogP) is 7.21. The second-order valence-electron chi connectivity index (χ2n) is 9.98. The summed E-state index contributed by atoms with van der Waals surface area (Å²) in [5.41, 5.74) is -3.81. The molecule has 0 aliphatic rings. The molecule has 0 atom stereocenters. The van der Waals surface area contributed by atoms with Crippen molar-refractivity contribution in [2.24, 2.45) is 0 Å². The Balaban J connectivity index is 3.11. The van der Waals surface area contributed by atoms with E-state index in [4.69, 9.17) is 0 Å². The van der Waals surface area contributed by atoms with Gasteiger partial charge < -0.3 is 0 Å². The molecule has 0 nitrogen and oxygen atoms in total. The lowest BCUT2D eigenvalue weighted by Gasteiger charge is -2.40. The number of halogens is 10. The van der Waals surface area contributed by atoms with Crippen molar-refractivity contribution in [2.45, 2.75) is 58.8 Å². The fraction of sp³-hybridized carbons (Fsp3) is 0.391. The van der Waals surface area contributed by atoms with Gasteiger partial charge in [-0.1, -0.05) is 67.7 Å². The topological polar surface area (TPSA) is 0 Å². The van der Waals surface area contributed by atoms with Gasteiger partial charge in [0.15, 0.2) is 58.2 Å². The number of rotatable bonds is 4. The summed E-state index contributed by atoms with van der Waals surface area (Å²) in [6.07, 6.45) is 0. The Kier molecular flexibility index (Phi) is 8.17. The van der Waals surface area contributed by atoms with Crippen LogP contribution >= 0.6 is 7.92 Å². The first-order chi connectivity index (χ1) is 15.7. The SMILES string of the molecule is C/C(=C\P(C(C)(C)C)C(C)(C)C)B(c1c(F)c(F)c(F)c(F)c1F)c1c(F)c(F)c(F)c(F)c1F. The van der Waals surface area contributed by atoms with Gasteiger partial charge in [0.1, 0.15) is 0 Å².